The number of nitrogens with one attached hydrogen (secondary N) is 2. The van der Waals surface area contributed by atoms with Gasteiger partial charge in [0.2, 0.25) is 0 Å². The molecule has 4 aromatic rings. The number of pyridine rings is 1. The molecular weight excluding hydrogens is 377 g/mol. The van der Waals surface area contributed by atoms with Crippen molar-refractivity contribution in [1.29, 1.82) is 0 Å². The van der Waals surface area contributed by atoms with Crippen molar-refractivity contribution in [2.45, 2.75) is 13.0 Å². The zero-order valence-corrected chi connectivity index (χ0v) is 16.4. The van der Waals surface area contributed by atoms with Crippen molar-refractivity contribution in [2.75, 3.05) is 17.2 Å². The molecule has 0 atom stereocenters. The number of hydrogen-bond donors (Lipinski definition) is 2. The molecule has 2 aromatic carbocycles. The van der Waals surface area contributed by atoms with Gasteiger partial charge in [0.15, 0.2) is 5.82 Å². The lowest BCUT2D eigenvalue weighted by Gasteiger charge is -2.12. The molecule has 0 aliphatic rings. The molecule has 2 heterocycles. The van der Waals surface area contributed by atoms with E-state index in [-0.39, 0.29) is 5.82 Å². The van der Waals surface area contributed by atoms with Crippen LogP contribution >= 0.6 is 0 Å². The molecule has 2 aromatic heterocycles. The van der Waals surface area contributed by atoms with E-state index in [9.17, 15) is 4.39 Å². The van der Waals surface area contributed by atoms with Crippen LogP contribution in [0.3, 0.4) is 0 Å². The number of hydrogen-bond acceptors (Lipinski definition) is 5. The number of nitrogens with zero attached hydrogens (tertiary/aromatic N) is 3. The third-order valence-electron chi connectivity index (χ3n) is 4.57. The summed E-state index contributed by atoms with van der Waals surface area (Å²) in [7, 11) is 0. The predicted octanol–water partition coefficient (Wildman–Crippen LogP) is 4.94. The SMILES string of the molecule is Fc1ccc(CCNc2cc(NCc3ccccn3)nc(-c3ccccc3)n2)cc1. The second-order valence-corrected chi connectivity index (χ2v) is 6.81. The summed E-state index contributed by atoms with van der Waals surface area (Å²) in [6.45, 7) is 1.25. The molecule has 4 rings (SSSR count). The molecule has 0 saturated heterocycles. The van der Waals surface area contributed by atoms with Crippen LogP contribution in [0.2, 0.25) is 0 Å². The molecule has 0 aliphatic carbocycles. The maximum absolute atomic E-state index is 13.1. The highest BCUT2D eigenvalue weighted by Crippen LogP contribution is 2.20. The largest absolute Gasteiger partial charge is 0.370 e. The van der Waals surface area contributed by atoms with Gasteiger partial charge in [-0.3, -0.25) is 4.98 Å². The fraction of sp³-hybridized carbons (Fsp3) is 0.125. The third kappa shape index (κ3) is 5.38. The Hall–Kier alpha value is -3.80. The molecule has 0 bridgehead atoms. The zero-order valence-electron chi connectivity index (χ0n) is 16.4. The Kier molecular flexibility index (Phi) is 6.25. The number of anilines is 2. The fourth-order valence-corrected chi connectivity index (χ4v) is 3.01. The van der Waals surface area contributed by atoms with E-state index in [0.717, 1.165) is 34.9 Å². The van der Waals surface area contributed by atoms with Crippen molar-refractivity contribution in [3.8, 4) is 11.4 Å². The maximum atomic E-state index is 13.1. The van der Waals surface area contributed by atoms with Crippen LogP contribution in [-0.2, 0) is 13.0 Å². The molecule has 30 heavy (non-hydrogen) atoms. The number of aromatic nitrogens is 3. The van der Waals surface area contributed by atoms with Crippen LogP contribution in [0.25, 0.3) is 11.4 Å². The first-order chi connectivity index (χ1) is 14.8. The van der Waals surface area contributed by atoms with Crippen LogP contribution in [-0.4, -0.2) is 21.5 Å². The van der Waals surface area contributed by atoms with Gasteiger partial charge in [0.25, 0.3) is 0 Å². The molecule has 0 aliphatic heterocycles. The molecule has 6 heteroatoms. The van der Waals surface area contributed by atoms with Gasteiger partial charge in [-0.25, -0.2) is 14.4 Å². The molecular formula is C24H22FN5. The van der Waals surface area contributed by atoms with Gasteiger partial charge in [0.1, 0.15) is 17.5 Å². The number of benzene rings is 2. The molecule has 0 saturated carbocycles. The monoisotopic (exact) mass is 399 g/mol. The van der Waals surface area contributed by atoms with Gasteiger partial charge >= 0.3 is 0 Å². The average molecular weight is 399 g/mol. The minimum absolute atomic E-state index is 0.223. The standard InChI is InChI=1S/C24H22FN5/c25-20-11-9-18(10-12-20)13-15-27-22-16-23(28-17-21-8-4-5-14-26-21)30-24(29-22)19-6-2-1-3-7-19/h1-12,14,16H,13,15,17H2,(H2,27,28,29,30). The van der Waals surface area contributed by atoms with Crippen LogP contribution in [0.5, 0.6) is 0 Å². The van der Waals surface area contributed by atoms with E-state index in [1.807, 2.05) is 54.6 Å². The molecule has 150 valence electrons. The highest BCUT2D eigenvalue weighted by molar-refractivity contribution is 5.61. The Morgan fingerprint density at radius 1 is 0.767 bits per heavy atom. The zero-order chi connectivity index (χ0) is 20.6. The van der Waals surface area contributed by atoms with Crippen molar-refractivity contribution in [3.05, 3.63) is 102 Å². The van der Waals surface area contributed by atoms with Crippen LogP contribution in [0, 0.1) is 5.82 Å². The Labute approximate surface area is 175 Å². The molecule has 0 fully saturated rings. The van der Waals surface area contributed by atoms with E-state index in [1.165, 1.54) is 12.1 Å². The summed E-state index contributed by atoms with van der Waals surface area (Å²) in [5.74, 6) is 1.87. The second kappa shape index (κ2) is 9.60. The lowest BCUT2D eigenvalue weighted by Crippen LogP contribution is -2.10. The normalized spacial score (nSPS) is 10.6. The maximum Gasteiger partial charge on any atom is 0.163 e. The average Bonchev–Trinajstić information content (AvgIpc) is 2.80. The molecule has 0 amide bonds. The summed E-state index contributed by atoms with van der Waals surface area (Å²) >= 11 is 0. The summed E-state index contributed by atoms with van der Waals surface area (Å²) in [6.07, 6.45) is 2.54. The van der Waals surface area contributed by atoms with Crippen molar-refractivity contribution in [2.24, 2.45) is 0 Å². The summed E-state index contributed by atoms with van der Waals surface area (Å²) in [5.41, 5.74) is 2.94. The Morgan fingerprint density at radius 2 is 1.50 bits per heavy atom. The molecule has 2 N–H and O–H groups in total. The Morgan fingerprint density at radius 3 is 2.23 bits per heavy atom. The molecule has 0 radical (unpaired) electrons. The van der Waals surface area contributed by atoms with Gasteiger partial charge in [0.05, 0.1) is 12.2 Å². The molecule has 5 nitrogen and oxygen atoms in total. The van der Waals surface area contributed by atoms with E-state index in [1.54, 1.807) is 18.3 Å². The topological polar surface area (TPSA) is 62.7 Å². The van der Waals surface area contributed by atoms with E-state index in [2.05, 4.69) is 25.6 Å². The quantitative estimate of drug-likeness (QED) is 0.439. The third-order valence-corrected chi connectivity index (χ3v) is 4.57. The molecule has 0 unspecified atom stereocenters. The van der Waals surface area contributed by atoms with Crippen LogP contribution in [0.1, 0.15) is 11.3 Å². The summed E-state index contributed by atoms with van der Waals surface area (Å²) < 4.78 is 13.1. The van der Waals surface area contributed by atoms with Gasteiger partial charge in [-0.1, -0.05) is 48.5 Å². The van der Waals surface area contributed by atoms with E-state index >= 15 is 0 Å². The minimum Gasteiger partial charge on any atom is -0.370 e. The van der Waals surface area contributed by atoms with Crippen LogP contribution in [0.4, 0.5) is 16.0 Å². The first kappa shape index (κ1) is 19.5. The predicted molar refractivity (Wildman–Crippen MR) is 118 cm³/mol. The summed E-state index contributed by atoms with van der Waals surface area (Å²) in [5, 5.41) is 6.69. The molecule has 0 spiro atoms. The Bertz CT molecular complexity index is 1070. The van der Waals surface area contributed by atoms with Crippen LogP contribution in [0.15, 0.2) is 85.1 Å². The minimum atomic E-state index is -0.223. The van der Waals surface area contributed by atoms with Gasteiger partial charge < -0.3 is 10.6 Å². The van der Waals surface area contributed by atoms with E-state index in [4.69, 9.17) is 0 Å². The van der Waals surface area contributed by atoms with Crippen molar-refractivity contribution < 1.29 is 4.39 Å². The van der Waals surface area contributed by atoms with Crippen molar-refractivity contribution in [3.63, 3.8) is 0 Å². The lowest BCUT2D eigenvalue weighted by atomic mass is 10.1. The number of rotatable bonds is 8. The highest BCUT2D eigenvalue weighted by Gasteiger charge is 2.07. The van der Waals surface area contributed by atoms with Crippen molar-refractivity contribution in [1.82, 2.24) is 15.0 Å². The summed E-state index contributed by atoms with van der Waals surface area (Å²) in [6, 6.07) is 24.1. The van der Waals surface area contributed by atoms with Crippen molar-refractivity contribution >= 4 is 11.6 Å². The first-order valence-corrected chi connectivity index (χ1v) is 9.83. The van der Waals surface area contributed by atoms with Gasteiger partial charge in [-0.2, -0.15) is 0 Å². The number of halogens is 1. The lowest BCUT2D eigenvalue weighted by molar-refractivity contribution is 0.627. The van der Waals surface area contributed by atoms with Gasteiger partial charge in [-0.15, -0.1) is 0 Å². The van der Waals surface area contributed by atoms with Crippen LogP contribution < -0.4 is 10.6 Å². The Balaban J connectivity index is 1.50. The smallest absolute Gasteiger partial charge is 0.163 e. The van der Waals surface area contributed by atoms with Gasteiger partial charge in [-0.05, 0) is 36.2 Å². The highest BCUT2D eigenvalue weighted by atomic mass is 19.1. The fourth-order valence-electron chi connectivity index (χ4n) is 3.01. The van der Waals surface area contributed by atoms with Gasteiger partial charge in [0, 0.05) is 24.4 Å². The summed E-state index contributed by atoms with van der Waals surface area (Å²) in [4.78, 5) is 13.7. The van der Waals surface area contributed by atoms with E-state index in [0.29, 0.717) is 18.9 Å². The first-order valence-electron chi connectivity index (χ1n) is 9.83. The second-order valence-electron chi connectivity index (χ2n) is 6.81. The van der Waals surface area contributed by atoms with E-state index < -0.39 is 0 Å².